The molecule has 0 aliphatic heterocycles. The predicted octanol–water partition coefficient (Wildman–Crippen LogP) is 5.28. The van der Waals surface area contributed by atoms with E-state index in [1.807, 2.05) is 24.3 Å². The Morgan fingerprint density at radius 2 is 1.73 bits per heavy atom. The molecule has 1 aliphatic rings. The molecule has 1 aliphatic carbocycles. The van der Waals surface area contributed by atoms with Crippen molar-refractivity contribution in [1.29, 1.82) is 0 Å². The van der Waals surface area contributed by atoms with Gasteiger partial charge in [-0.2, -0.15) is 0 Å². The topological polar surface area (TPSA) is 17.1 Å². The maximum atomic E-state index is 12.0. The Labute approximate surface area is 139 Å². The summed E-state index contributed by atoms with van der Waals surface area (Å²) in [7, 11) is 0. The Hall–Kier alpha value is -1.93. The second kappa shape index (κ2) is 6.05. The summed E-state index contributed by atoms with van der Waals surface area (Å²) in [6.07, 6.45) is 0.875. The Balaban J connectivity index is 2.17. The van der Waals surface area contributed by atoms with Gasteiger partial charge in [0, 0.05) is 16.8 Å². The molecule has 1 atom stereocenters. The number of hydrogen-bond acceptors (Lipinski definition) is 1. The number of ketones is 1. The van der Waals surface area contributed by atoms with Crippen LogP contribution in [0.1, 0.15) is 29.5 Å². The number of Topliss-reactive ketones (excluding diaryl/α,β-unsaturated/α-hetero) is 1. The van der Waals surface area contributed by atoms with Gasteiger partial charge in [-0.15, -0.1) is 0 Å². The van der Waals surface area contributed by atoms with Gasteiger partial charge in [0.25, 0.3) is 0 Å². The molecule has 0 heterocycles. The van der Waals surface area contributed by atoms with Crippen LogP contribution < -0.4 is 0 Å². The van der Waals surface area contributed by atoms with Crippen molar-refractivity contribution in [2.75, 3.05) is 0 Å². The van der Waals surface area contributed by atoms with Crippen LogP contribution in [0.15, 0.2) is 71.2 Å². The molecule has 0 amide bonds. The van der Waals surface area contributed by atoms with Gasteiger partial charge in [-0.25, -0.2) is 0 Å². The van der Waals surface area contributed by atoms with E-state index in [9.17, 15) is 4.79 Å². The molecule has 0 bridgehead atoms. The van der Waals surface area contributed by atoms with Crippen LogP contribution in [0.4, 0.5) is 0 Å². The number of carbonyl (C=O) groups is 1. The molecule has 2 aromatic rings. The van der Waals surface area contributed by atoms with Crippen molar-refractivity contribution in [2.24, 2.45) is 0 Å². The first-order valence-corrected chi connectivity index (χ1v) is 8.10. The molecule has 0 fully saturated rings. The van der Waals surface area contributed by atoms with E-state index in [0.29, 0.717) is 5.57 Å². The third-order valence-electron chi connectivity index (χ3n) is 4.17. The summed E-state index contributed by atoms with van der Waals surface area (Å²) in [6.45, 7) is 5.67. The summed E-state index contributed by atoms with van der Waals surface area (Å²) < 4.78 is 1.14. The van der Waals surface area contributed by atoms with Crippen molar-refractivity contribution in [1.82, 2.24) is 0 Å². The Bertz CT molecular complexity index is 771. The highest BCUT2D eigenvalue weighted by atomic mass is 79.9. The molecule has 22 heavy (non-hydrogen) atoms. The second-order valence-electron chi connectivity index (χ2n) is 5.58. The second-order valence-corrected chi connectivity index (χ2v) is 6.53. The van der Waals surface area contributed by atoms with Crippen molar-refractivity contribution in [3.8, 4) is 0 Å². The average Bonchev–Trinajstić information content (AvgIpc) is 2.85. The molecule has 0 unspecified atom stereocenters. The fourth-order valence-corrected chi connectivity index (χ4v) is 3.79. The third kappa shape index (κ3) is 2.59. The van der Waals surface area contributed by atoms with E-state index in [4.69, 9.17) is 0 Å². The van der Waals surface area contributed by atoms with Gasteiger partial charge >= 0.3 is 0 Å². The van der Waals surface area contributed by atoms with Crippen LogP contribution in [0.25, 0.3) is 5.57 Å². The molecule has 110 valence electrons. The van der Waals surface area contributed by atoms with Crippen LogP contribution in [0.2, 0.25) is 0 Å². The van der Waals surface area contributed by atoms with E-state index >= 15 is 0 Å². The van der Waals surface area contributed by atoms with Crippen LogP contribution >= 0.6 is 15.9 Å². The van der Waals surface area contributed by atoms with Gasteiger partial charge in [-0.3, -0.25) is 4.79 Å². The molecule has 0 spiro atoms. The number of carbonyl (C=O) groups excluding carboxylic acids is 1. The minimum atomic E-state index is -0.100. The zero-order valence-electron chi connectivity index (χ0n) is 12.5. The van der Waals surface area contributed by atoms with Gasteiger partial charge in [0.15, 0.2) is 5.78 Å². The molecule has 0 saturated carbocycles. The standard InChI is InChI=1S/C20H17BrO/c1-13(14(2)22)19(15-8-4-3-5-9-15)20-17-11-7-6-10-16(17)12-18(20)21/h3-11,19H,1,12H2,2H3/t19-/m0/s1. The molecule has 0 radical (unpaired) electrons. The number of halogens is 1. The fourth-order valence-electron chi connectivity index (χ4n) is 3.05. The van der Waals surface area contributed by atoms with Crippen molar-refractivity contribution in [3.63, 3.8) is 0 Å². The lowest BCUT2D eigenvalue weighted by Gasteiger charge is -2.22. The SMILES string of the molecule is C=C(C(C)=O)[C@H](C1=C(Br)Cc2ccccc21)c1ccccc1. The first-order valence-electron chi connectivity index (χ1n) is 7.31. The first-order chi connectivity index (χ1) is 10.6. The fraction of sp³-hybridized carbons (Fsp3) is 0.150. The third-order valence-corrected chi connectivity index (χ3v) is 4.88. The Morgan fingerprint density at radius 1 is 1.09 bits per heavy atom. The van der Waals surface area contributed by atoms with Gasteiger partial charge in [0.2, 0.25) is 0 Å². The Morgan fingerprint density at radius 3 is 2.41 bits per heavy atom. The normalized spacial score (nSPS) is 14.6. The highest BCUT2D eigenvalue weighted by Gasteiger charge is 2.30. The maximum absolute atomic E-state index is 12.0. The van der Waals surface area contributed by atoms with E-state index in [0.717, 1.165) is 16.5 Å². The van der Waals surface area contributed by atoms with Gasteiger partial charge in [-0.1, -0.05) is 77.1 Å². The molecule has 2 aromatic carbocycles. The largest absolute Gasteiger partial charge is 0.295 e. The summed E-state index contributed by atoms with van der Waals surface area (Å²) in [4.78, 5) is 12.0. The van der Waals surface area contributed by atoms with Gasteiger partial charge in [0.05, 0.1) is 0 Å². The monoisotopic (exact) mass is 352 g/mol. The van der Waals surface area contributed by atoms with Crippen molar-refractivity contribution in [3.05, 3.63) is 87.9 Å². The summed E-state index contributed by atoms with van der Waals surface area (Å²) >= 11 is 3.73. The first kappa shape index (κ1) is 15.0. The molecular formula is C20H17BrO. The number of fused-ring (bicyclic) bond motifs is 1. The lowest BCUT2D eigenvalue weighted by Crippen LogP contribution is -2.10. The van der Waals surface area contributed by atoms with E-state index in [-0.39, 0.29) is 11.7 Å². The van der Waals surface area contributed by atoms with Crippen LogP contribution in [0, 0.1) is 0 Å². The van der Waals surface area contributed by atoms with Crippen LogP contribution in [-0.2, 0) is 11.2 Å². The number of benzene rings is 2. The molecule has 0 aromatic heterocycles. The average molecular weight is 353 g/mol. The summed E-state index contributed by atoms with van der Waals surface area (Å²) in [5.41, 5.74) is 5.41. The van der Waals surface area contributed by atoms with Gasteiger partial charge in [-0.05, 0) is 34.8 Å². The van der Waals surface area contributed by atoms with Crippen molar-refractivity contribution in [2.45, 2.75) is 19.3 Å². The molecule has 3 rings (SSSR count). The highest BCUT2D eigenvalue weighted by Crippen LogP contribution is 2.46. The summed E-state index contributed by atoms with van der Waals surface area (Å²) in [5.74, 6) is -0.0669. The lowest BCUT2D eigenvalue weighted by atomic mass is 9.81. The maximum Gasteiger partial charge on any atom is 0.156 e. The quantitative estimate of drug-likeness (QED) is 0.684. The number of rotatable bonds is 4. The van der Waals surface area contributed by atoms with E-state index in [1.54, 1.807) is 6.92 Å². The van der Waals surface area contributed by atoms with Crippen LogP contribution in [-0.4, -0.2) is 5.78 Å². The molecule has 0 N–H and O–H groups in total. The number of hydrogen-bond donors (Lipinski definition) is 0. The molecular weight excluding hydrogens is 336 g/mol. The van der Waals surface area contributed by atoms with E-state index in [1.165, 1.54) is 16.7 Å². The Kier molecular flexibility index (Phi) is 4.12. The lowest BCUT2D eigenvalue weighted by molar-refractivity contribution is -0.113. The molecule has 2 heteroatoms. The smallest absolute Gasteiger partial charge is 0.156 e. The van der Waals surface area contributed by atoms with Gasteiger partial charge in [0.1, 0.15) is 0 Å². The van der Waals surface area contributed by atoms with Crippen LogP contribution in [0.5, 0.6) is 0 Å². The number of allylic oxidation sites excluding steroid dienone is 3. The van der Waals surface area contributed by atoms with E-state index < -0.39 is 0 Å². The predicted molar refractivity (Wildman–Crippen MR) is 95.0 cm³/mol. The summed E-state index contributed by atoms with van der Waals surface area (Å²) in [5, 5.41) is 0. The summed E-state index contributed by atoms with van der Waals surface area (Å²) in [6, 6.07) is 18.5. The minimum absolute atomic E-state index is 0.0334. The molecule has 0 saturated heterocycles. The molecule has 1 nitrogen and oxygen atoms in total. The van der Waals surface area contributed by atoms with Gasteiger partial charge < -0.3 is 0 Å². The van der Waals surface area contributed by atoms with Crippen molar-refractivity contribution >= 4 is 27.3 Å². The van der Waals surface area contributed by atoms with E-state index in [2.05, 4.69) is 52.8 Å². The highest BCUT2D eigenvalue weighted by molar-refractivity contribution is 9.11. The van der Waals surface area contributed by atoms with Crippen molar-refractivity contribution < 1.29 is 4.79 Å². The minimum Gasteiger partial charge on any atom is -0.295 e. The van der Waals surface area contributed by atoms with Crippen LogP contribution in [0.3, 0.4) is 0 Å². The zero-order valence-corrected chi connectivity index (χ0v) is 14.1. The zero-order chi connectivity index (χ0) is 15.7.